The second-order valence-electron chi connectivity index (χ2n) is 4.56. The van der Waals surface area contributed by atoms with Gasteiger partial charge in [0.2, 0.25) is 5.91 Å². The maximum absolute atomic E-state index is 11.9. The van der Waals surface area contributed by atoms with Gasteiger partial charge in [-0.15, -0.1) is 0 Å². The highest BCUT2D eigenvalue weighted by Gasteiger charge is 2.17. The number of amides is 1. The summed E-state index contributed by atoms with van der Waals surface area (Å²) >= 11 is 11.9. The van der Waals surface area contributed by atoms with E-state index in [9.17, 15) is 4.79 Å². The molecule has 1 saturated heterocycles. The molecule has 110 valence electrons. The summed E-state index contributed by atoms with van der Waals surface area (Å²) < 4.78 is 0. The number of carbonyl (C=O) groups is 1. The second kappa shape index (κ2) is 6.97. The Bertz CT molecular complexity index is 491. The highest BCUT2D eigenvalue weighted by atomic mass is 35.5. The lowest BCUT2D eigenvalue weighted by Gasteiger charge is -2.16. The Morgan fingerprint density at radius 3 is 2.60 bits per heavy atom. The molecule has 1 aliphatic heterocycles. The summed E-state index contributed by atoms with van der Waals surface area (Å²) in [5.41, 5.74) is 2.39. The van der Waals surface area contributed by atoms with E-state index in [0.717, 1.165) is 25.9 Å². The van der Waals surface area contributed by atoms with Crippen molar-refractivity contribution in [3.05, 3.63) is 16.1 Å². The highest BCUT2D eigenvalue weighted by molar-refractivity contribution is 6.37. The topological polar surface area (TPSA) is 83.3 Å². The van der Waals surface area contributed by atoms with E-state index in [4.69, 9.17) is 29.0 Å². The van der Waals surface area contributed by atoms with Crippen LogP contribution in [0.25, 0.3) is 0 Å². The molecule has 0 unspecified atom stereocenters. The van der Waals surface area contributed by atoms with Gasteiger partial charge >= 0.3 is 0 Å². The molecule has 2 rings (SSSR count). The molecule has 1 fully saturated rings. The van der Waals surface area contributed by atoms with Gasteiger partial charge in [0, 0.05) is 26.1 Å². The first-order chi connectivity index (χ1) is 9.61. The van der Waals surface area contributed by atoms with Crippen molar-refractivity contribution in [2.75, 3.05) is 30.4 Å². The van der Waals surface area contributed by atoms with Gasteiger partial charge in [0.25, 0.3) is 0 Å². The highest BCUT2D eigenvalue weighted by Crippen LogP contribution is 2.28. The van der Waals surface area contributed by atoms with Gasteiger partial charge in [-0.05, 0) is 18.9 Å². The van der Waals surface area contributed by atoms with Gasteiger partial charge in [-0.1, -0.05) is 23.2 Å². The zero-order valence-corrected chi connectivity index (χ0v) is 12.5. The minimum Gasteiger partial charge on any atom is -0.368 e. The molecule has 0 bridgehead atoms. The van der Waals surface area contributed by atoms with E-state index >= 15 is 0 Å². The summed E-state index contributed by atoms with van der Waals surface area (Å²) in [6.07, 6.45) is 2.59. The number of nitrogens with one attached hydrogen (secondary N) is 2. The van der Waals surface area contributed by atoms with Crippen molar-refractivity contribution in [2.45, 2.75) is 19.3 Å². The molecule has 2 heterocycles. The van der Waals surface area contributed by atoms with Crippen LogP contribution in [-0.2, 0) is 4.79 Å². The fourth-order valence-corrected chi connectivity index (χ4v) is 2.58. The third kappa shape index (κ3) is 3.65. The minimum absolute atomic E-state index is 0.150. The molecule has 0 radical (unpaired) electrons. The number of hydrogen-bond donors (Lipinski definition) is 3. The Morgan fingerprint density at radius 2 is 1.95 bits per heavy atom. The van der Waals surface area contributed by atoms with Gasteiger partial charge in [0.15, 0.2) is 5.82 Å². The fraction of sp³-hybridized carbons (Fsp3) is 0.500. The first-order valence-electron chi connectivity index (χ1n) is 6.46. The number of nitrogens with two attached hydrogens (primary N) is 1. The zero-order valence-electron chi connectivity index (χ0n) is 11.0. The Hall–Kier alpha value is -1.24. The number of anilines is 2. The zero-order chi connectivity index (χ0) is 14.5. The molecule has 1 aliphatic rings. The van der Waals surface area contributed by atoms with Crippen LogP contribution in [0.15, 0.2) is 6.07 Å². The summed E-state index contributed by atoms with van der Waals surface area (Å²) in [5.74, 6) is 6.25. The molecule has 0 aromatic carbocycles. The fourth-order valence-electron chi connectivity index (χ4n) is 2.10. The number of nitrogen functional groups attached to an aromatic ring is 1. The molecular formula is C12H17Cl2N5O. The molecule has 1 aromatic rings. The average molecular weight is 318 g/mol. The molecule has 4 N–H and O–H groups in total. The van der Waals surface area contributed by atoms with Gasteiger partial charge < -0.3 is 15.6 Å². The van der Waals surface area contributed by atoms with Crippen molar-refractivity contribution in [2.24, 2.45) is 5.84 Å². The minimum atomic E-state index is 0.150. The first-order valence-corrected chi connectivity index (χ1v) is 7.21. The maximum Gasteiger partial charge on any atom is 0.224 e. The number of pyridine rings is 1. The lowest BCUT2D eigenvalue weighted by molar-refractivity contribution is -0.129. The van der Waals surface area contributed by atoms with Crippen molar-refractivity contribution in [3.8, 4) is 0 Å². The van der Waals surface area contributed by atoms with Crippen molar-refractivity contribution in [3.63, 3.8) is 0 Å². The second-order valence-corrected chi connectivity index (χ2v) is 5.37. The summed E-state index contributed by atoms with van der Waals surface area (Å²) in [4.78, 5) is 17.9. The van der Waals surface area contributed by atoms with E-state index in [1.165, 1.54) is 0 Å². The van der Waals surface area contributed by atoms with Gasteiger partial charge in [0.05, 0.1) is 10.0 Å². The third-order valence-corrected chi connectivity index (χ3v) is 3.73. The van der Waals surface area contributed by atoms with E-state index < -0.39 is 0 Å². The van der Waals surface area contributed by atoms with Gasteiger partial charge in [-0.2, -0.15) is 0 Å². The molecule has 6 nitrogen and oxygen atoms in total. The predicted molar refractivity (Wildman–Crippen MR) is 81.0 cm³/mol. The summed E-state index contributed by atoms with van der Waals surface area (Å²) in [6, 6.07) is 1.55. The number of likely N-dealkylation sites (tertiary alicyclic amines) is 1. The van der Waals surface area contributed by atoms with Crippen LogP contribution in [0.1, 0.15) is 19.3 Å². The number of rotatable bonds is 5. The van der Waals surface area contributed by atoms with Crippen molar-refractivity contribution in [1.29, 1.82) is 0 Å². The van der Waals surface area contributed by atoms with E-state index in [1.807, 2.05) is 4.90 Å². The number of halogens is 2. The largest absolute Gasteiger partial charge is 0.368 e. The Morgan fingerprint density at radius 1 is 1.30 bits per heavy atom. The van der Waals surface area contributed by atoms with Crippen LogP contribution in [0.4, 0.5) is 11.6 Å². The number of hydrogen-bond acceptors (Lipinski definition) is 5. The van der Waals surface area contributed by atoms with Crippen LogP contribution >= 0.6 is 23.2 Å². The molecule has 0 aliphatic carbocycles. The quantitative estimate of drug-likeness (QED) is 0.572. The monoisotopic (exact) mass is 317 g/mol. The molecule has 1 aromatic heterocycles. The Labute approximate surface area is 127 Å². The van der Waals surface area contributed by atoms with Crippen LogP contribution < -0.4 is 16.6 Å². The molecule has 0 atom stereocenters. The average Bonchev–Trinajstić information content (AvgIpc) is 2.95. The van der Waals surface area contributed by atoms with Crippen molar-refractivity contribution in [1.82, 2.24) is 9.88 Å². The molecule has 0 spiro atoms. The lowest BCUT2D eigenvalue weighted by Crippen LogP contribution is -2.29. The first kappa shape index (κ1) is 15.2. The van der Waals surface area contributed by atoms with Crippen LogP contribution in [-0.4, -0.2) is 35.4 Å². The van der Waals surface area contributed by atoms with Crippen LogP contribution in [0.3, 0.4) is 0 Å². The van der Waals surface area contributed by atoms with Gasteiger partial charge in [0.1, 0.15) is 5.82 Å². The SMILES string of the molecule is NNc1nc(NCCC(=O)N2CCCC2)c(Cl)cc1Cl. The molecule has 20 heavy (non-hydrogen) atoms. The van der Waals surface area contributed by atoms with E-state index in [-0.39, 0.29) is 5.91 Å². The van der Waals surface area contributed by atoms with Crippen LogP contribution in [0.5, 0.6) is 0 Å². The van der Waals surface area contributed by atoms with Gasteiger partial charge in [-0.25, -0.2) is 10.8 Å². The predicted octanol–water partition coefficient (Wildman–Crippen LogP) is 2.10. The normalized spacial score (nSPS) is 14.4. The number of nitrogens with zero attached hydrogens (tertiary/aromatic N) is 2. The summed E-state index contributed by atoms with van der Waals surface area (Å²) in [6.45, 7) is 2.19. The Kier molecular flexibility index (Phi) is 5.28. The van der Waals surface area contributed by atoms with Crippen molar-refractivity contribution >= 4 is 40.7 Å². The standard InChI is InChI=1S/C12H17Cl2N5O/c13-8-7-9(14)12(18-15)17-11(8)16-4-3-10(20)19-5-1-2-6-19/h7H,1-6,15H2,(H2,16,17,18). The van der Waals surface area contributed by atoms with Gasteiger partial charge in [-0.3, -0.25) is 4.79 Å². The number of aromatic nitrogens is 1. The molecule has 8 heteroatoms. The smallest absolute Gasteiger partial charge is 0.224 e. The number of hydrazine groups is 1. The lowest BCUT2D eigenvalue weighted by atomic mass is 10.3. The van der Waals surface area contributed by atoms with E-state index in [1.54, 1.807) is 6.07 Å². The van der Waals surface area contributed by atoms with Crippen LogP contribution in [0.2, 0.25) is 10.0 Å². The molecular weight excluding hydrogens is 301 g/mol. The third-order valence-electron chi connectivity index (χ3n) is 3.16. The Balaban J connectivity index is 1.88. The number of carbonyl (C=O) groups excluding carboxylic acids is 1. The van der Waals surface area contributed by atoms with E-state index in [0.29, 0.717) is 34.6 Å². The van der Waals surface area contributed by atoms with E-state index in [2.05, 4.69) is 15.7 Å². The molecule has 0 saturated carbocycles. The summed E-state index contributed by atoms with van der Waals surface area (Å²) in [5, 5.41) is 3.76. The van der Waals surface area contributed by atoms with Crippen LogP contribution in [0, 0.1) is 0 Å². The molecule has 1 amide bonds. The van der Waals surface area contributed by atoms with Crippen molar-refractivity contribution < 1.29 is 4.79 Å². The summed E-state index contributed by atoms with van der Waals surface area (Å²) in [7, 11) is 0. The maximum atomic E-state index is 11.9.